The van der Waals surface area contributed by atoms with Gasteiger partial charge in [0, 0.05) is 37.0 Å². The average Bonchev–Trinajstić information content (AvgIpc) is 3.45. The Morgan fingerprint density at radius 2 is 1.95 bits per heavy atom. The molecule has 0 spiro atoms. The molecule has 5 rings (SSSR count). The molecule has 0 unspecified atom stereocenters. The molecule has 3 fully saturated rings. The molecule has 9 nitrogen and oxygen atoms in total. The van der Waals surface area contributed by atoms with Gasteiger partial charge in [-0.1, -0.05) is 0 Å². The molecule has 11 heteroatoms. The van der Waals surface area contributed by atoms with E-state index in [0.717, 1.165) is 32.5 Å². The zero-order valence-electron chi connectivity index (χ0n) is 22.9. The van der Waals surface area contributed by atoms with E-state index in [1.165, 1.54) is 12.8 Å². The summed E-state index contributed by atoms with van der Waals surface area (Å²) in [6, 6.07) is 3.20. The number of aromatic nitrogens is 2. The lowest BCUT2D eigenvalue weighted by Gasteiger charge is -2.40. The summed E-state index contributed by atoms with van der Waals surface area (Å²) in [6.07, 6.45) is 4.27. The van der Waals surface area contributed by atoms with Gasteiger partial charge in [0.05, 0.1) is 11.1 Å². The van der Waals surface area contributed by atoms with E-state index in [1.54, 1.807) is 17.0 Å². The van der Waals surface area contributed by atoms with Crippen LogP contribution in [0.1, 0.15) is 46.5 Å². The highest BCUT2D eigenvalue weighted by atomic mass is 79.9. The molecule has 210 valence electrons. The van der Waals surface area contributed by atoms with Crippen LogP contribution in [0.5, 0.6) is 6.01 Å². The molecule has 2 aliphatic heterocycles. The van der Waals surface area contributed by atoms with Gasteiger partial charge >= 0.3 is 12.1 Å². The molecule has 1 aromatic carbocycles. The van der Waals surface area contributed by atoms with Gasteiger partial charge in [-0.3, -0.25) is 4.90 Å². The number of anilines is 1. The molecule has 1 atom stereocenters. The van der Waals surface area contributed by atoms with Gasteiger partial charge in [-0.25, -0.2) is 15.8 Å². The van der Waals surface area contributed by atoms with Crippen LogP contribution < -0.4 is 9.64 Å². The third-order valence-corrected chi connectivity index (χ3v) is 8.27. The van der Waals surface area contributed by atoms with Crippen LogP contribution in [0.15, 0.2) is 16.6 Å². The highest BCUT2D eigenvalue weighted by molar-refractivity contribution is 9.10. The Bertz CT molecular complexity index is 1270. The van der Waals surface area contributed by atoms with Crippen molar-refractivity contribution in [1.29, 1.82) is 0 Å². The Labute approximate surface area is 237 Å². The number of fused-ring (bicyclic) bond motifs is 1. The fraction of sp³-hybridized carbons (Fsp3) is 0.643. The van der Waals surface area contributed by atoms with Gasteiger partial charge < -0.3 is 24.1 Å². The van der Waals surface area contributed by atoms with Crippen molar-refractivity contribution < 1.29 is 18.7 Å². The molecular weight excluding hydrogens is 567 g/mol. The number of carbonyl (C=O) groups is 1. The molecule has 0 N–H and O–H groups in total. The van der Waals surface area contributed by atoms with Gasteiger partial charge in [-0.05, 0) is 87.6 Å². The van der Waals surface area contributed by atoms with Crippen molar-refractivity contribution in [1.82, 2.24) is 19.8 Å². The summed E-state index contributed by atoms with van der Waals surface area (Å²) in [4.78, 5) is 31.8. The largest absolute Gasteiger partial charge is 0.463 e. The Morgan fingerprint density at radius 1 is 1.21 bits per heavy atom. The molecule has 2 saturated heterocycles. The van der Waals surface area contributed by atoms with Crippen LogP contribution in [0, 0.1) is 17.8 Å². The zero-order chi connectivity index (χ0) is 27.8. The van der Waals surface area contributed by atoms with Crippen molar-refractivity contribution in [3.63, 3.8) is 0 Å². The highest BCUT2D eigenvalue weighted by Gasteiger charge is 2.45. The summed E-state index contributed by atoms with van der Waals surface area (Å²) < 4.78 is 27.4. The minimum Gasteiger partial charge on any atom is -0.463 e. The quantitative estimate of drug-likeness (QED) is 0.407. The Balaban J connectivity index is 1.40. The maximum atomic E-state index is 15.3. The number of nitrogens with zero attached hydrogens (tertiary/aromatic N) is 6. The number of rotatable bonds is 7. The van der Waals surface area contributed by atoms with Crippen LogP contribution in [0.3, 0.4) is 0 Å². The fourth-order valence-corrected chi connectivity index (χ4v) is 5.75. The Hall–Kier alpha value is -2.71. The predicted molar refractivity (Wildman–Crippen MR) is 150 cm³/mol. The van der Waals surface area contributed by atoms with Gasteiger partial charge in [0.1, 0.15) is 23.0 Å². The second-order valence-electron chi connectivity index (χ2n) is 12.0. The lowest BCUT2D eigenvalue weighted by Crippen LogP contribution is -2.57. The van der Waals surface area contributed by atoms with Gasteiger partial charge in [-0.15, -0.1) is 0 Å². The van der Waals surface area contributed by atoms with Crippen molar-refractivity contribution >= 4 is 38.7 Å². The molecule has 1 aliphatic carbocycles. The van der Waals surface area contributed by atoms with Gasteiger partial charge in [-0.2, -0.15) is 9.97 Å². The number of carbonyl (C=O) groups excluding carboxylic acids is 1. The predicted octanol–water partition coefficient (Wildman–Crippen LogP) is 5.13. The first-order valence-electron chi connectivity index (χ1n) is 13.7. The van der Waals surface area contributed by atoms with Crippen LogP contribution in [-0.4, -0.2) is 89.9 Å². The second kappa shape index (κ2) is 11.0. The number of halogens is 2. The van der Waals surface area contributed by atoms with Crippen molar-refractivity contribution in [2.75, 3.05) is 57.3 Å². The number of piperazine rings is 1. The van der Waals surface area contributed by atoms with E-state index in [0.29, 0.717) is 41.9 Å². The molecule has 1 aromatic heterocycles. The average molecular weight is 604 g/mol. The molecule has 3 heterocycles. The summed E-state index contributed by atoms with van der Waals surface area (Å²) in [5, 5.41) is 0.563. The lowest BCUT2D eigenvalue weighted by molar-refractivity contribution is 0.0155. The first-order chi connectivity index (χ1) is 18.6. The first-order valence-corrected chi connectivity index (χ1v) is 14.5. The van der Waals surface area contributed by atoms with Gasteiger partial charge in [0.2, 0.25) is 6.54 Å². The van der Waals surface area contributed by atoms with Crippen molar-refractivity contribution in [3.8, 4) is 6.01 Å². The SMILES string of the molecule is [C-]#[N+]C[C@H]1CN(c2nc(OCC3(CN4CCCC4)CC3)nc3c(F)c(Br)ccc23)CCN1C(=O)OC(C)(C)C. The van der Waals surface area contributed by atoms with Crippen molar-refractivity contribution in [2.24, 2.45) is 5.41 Å². The number of benzene rings is 1. The van der Waals surface area contributed by atoms with Crippen LogP contribution in [0.25, 0.3) is 15.7 Å². The number of ether oxygens (including phenoxy) is 2. The van der Waals surface area contributed by atoms with E-state index in [4.69, 9.17) is 21.0 Å². The standard InChI is InChI=1S/C28H36BrFN6O3/c1-27(2,3)39-26(37)36-14-13-35(16-19(36)15-31-4)24-20-7-8-21(29)22(30)23(20)32-25(33-24)38-18-28(9-10-28)17-34-11-5-6-12-34/h7-8,19H,5-6,9-18H2,1-3H3/t19-/m0/s1. The van der Waals surface area contributed by atoms with E-state index < -0.39 is 23.6 Å². The molecule has 0 bridgehead atoms. The fourth-order valence-electron chi connectivity index (χ4n) is 5.43. The summed E-state index contributed by atoms with van der Waals surface area (Å²) in [7, 11) is 0. The Morgan fingerprint density at radius 3 is 2.62 bits per heavy atom. The second-order valence-corrected chi connectivity index (χ2v) is 12.8. The van der Waals surface area contributed by atoms with Crippen LogP contribution in [0.2, 0.25) is 0 Å². The first kappa shape index (κ1) is 27.8. The zero-order valence-corrected chi connectivity index (χ0v) is 24.5. The van der Waals surface area contributed by atoms with Gasteiger partial charge in [0.25, 0.3) is 0 Å². The molecule has 39 heavy (non-hydrogen) atoms. The summed E-state index contributed by atoms with van der Waals surface area (Å²) >= 11 is 3.28. The van der Waals surface area contributed by atoms with Gasteiger partial charge in [0.15, 0.2) is 5.82 Å². The van der Waals surface area contributed by atoms with Crippen molar-refractivity contribution in [3.05, 3.63) is 33.8 Å². The van der Waals surface area contributed by atoms with E-state index >= 15 is 4.39 Å². The van der Waals surface area contributed by atoms with Crippen LogP contribution in [-0.2, 0) is 4.74 Å². The number of amides is 1. The molecule has 1 saturated carbocycles. The summed E-state index contributed by atoms with van der Waals surface area (Å²) in [6.45, 7) is 18.0. The monoisotopic (exact) mass is 602 g/mol. The number of hydrogen-bond acceptors (Lipinski definition) is 7. The maximum absolute atomic E-state index is 15.3. The summed E-state index contributed by atoms with van der Waals surface area (Å²) in [5.74, 6) is 0.0777. The number of hydrogen-bond donors (Lipinski definition) is 0. The van der Waals surface area contributed by atoms with E-state index in [-0.39, 0.29) is 23.5 Å². The smallest absolute Gasteiger partial charge is 0.410 e. The third-order valence-electron chi connectivity index (χ3n) is 7.65. The molecule has 3 aliphatic rings. The topological polar surface area (TPSA) is 75.4 Å². The van der Waals surface area contributed by atoms with Crippen LogP contribution in [0.4, 0.5) is 15.0 Å². The van der Waals surface area contributed by atoms with Crippen LogP contribution >= 0.6 is 15.9 Å². The van der Waals surface area contributed by atoms with E-state index in [9.17, 15) is 4.79 Å². The lowest BCUT2D eigenvalue weighted by atomic mass is 10.1. The van der Waals surface area contributed by atoms with Crippen molar-refractivity contribution in [2.45, 2.75) is 58.1 Å². The molecule has 1 amide bonds. The highest BCUT2D eigenvalue weighted by Crippen LogP contribution is 2.47. The third kappa shape index (κ3) is 6.38. The minimum absolute atomic E-state index is 0.110. The Kier molecular flexibility index (Phi) is 7.89. The van der Waals surface area contributed by atoms with E-state index in [1.807, 2.05) is 25.7 Å². The normalized spacial score (nSPS) is 21.2. The number of likely N-dealkylation sites (tertiary alicyclic amines) is 1. The molecular formula is C28H36BrFN6O3. The minimum atomic E-state index is -0.634. The molecule has 2 aromatic rings. The van der Waals surface area contributed by atoms with E-state index in [2.05, 4.69) is 30.7 Å². The maximum Gasteiger partial charge on any atom is 0.410 e. The summed E-state index contributed by atoms with van der Waals surface area (Å²) in [5.41, 5.74) is -0.340. The molecule has 0 radical (unpaired) electrons.